The Bertz CT molecular complexity index is 465. The van der Waals surface area contributed by atoms with Gasteiger partial charge in [0.1, 0.15) is 0 Å². The minimum Gasteiger partial charge on any atom is -0.394 e. The lowest BCUT2D eigenvalue weighted by Gasteiger charge is -2.18. The van der Waals surface area contributed by atoms with Gasteiger partial charge in [0.15, 0.2) is 0 Å². The zero-order chi connectivity index (χ0) is 12.3. The third-order valence-corrected chi connectivity index (χ3v) is 2.84. The second-order valence-electron chi connectivity index (χ2n) is 4.18. The summed E-state index contributed by atoms with van der Waals surface area (Å²) in [6.07, 6.45) is 3.71. The molecule has 2 rings (SSSR count). The fourth-order valence-corrected chi connectivity index (χ4v) is 1.79. The second-order valence-corrected chi connectivity index (χ2v) is 4.18. The molecule has 1 heterocycles. The predicted molar refractivity (Wildman–Crippen MR) is 67.4 cm³/mol. The Hall–Kier alpha value is -1.65. The minimum absolute atomic E-state index is 0.00637. The van der Waals surface area contributed by atoms with E-state index in [0.29, 0.717) is 0 Å². The summed E-state index contributed by atoms with van der Waals surface area (Å²) in [4.78, 5) is 0. The number of nitrogens with zero attached hydrogens (tertiary/aromatic N) is 2. The molecule has 0 saturated heterocycles. The summed E-state index contributed by atoms with van der Waals surface area (Å²) in [6, 6.07) is 9.70. The van der Waals surface area contributed by atoms with Crippen molar-refractivity contribution < 1.29 is 5.11 Å². The average molecular weight is 231 g/mol. The summed E-state index contributed by atoms with van der Waals surface area (Å²) in [7, 11) is 0. The van der Waals surface area contributed by atoms with E-state index < -0.39 is 0 Å². The third-order valence-electron chi connectivity index (χ3n) is 2.84. The van der Waals surface area contributed by atoms with E-state index in [1.807, 2.05) is 43.5 Å². The summed E-state index contributed by atoms with van der Waals surface area (Å²) < 4.78 is 1.73. The highest BCUT2D eigenvalue weighted by Gasteiger charge is 2.15. The first-order chi connectivity index (χ1) is 8.22. The van der Waals surface area contributed by atoms with Gasteiger partial charge in [-0.25, -0.2) is 0 Å². The minimum atomic E-state index is -0.174. The topological polar surface area (TPSA) is 64.1 Å². The molecule has 2 unspecified atom stereocenters. The van der Waals surface area contributed by atoms with Crippen molar-refractivity contribution in [2.75, 3.05) is 6.61 Å². The number of aliphatic hydroxyl groups excluding tert-OH is 1. The zero-order valence-electron chi connectivity index (χ0n) is 9.82. The molecule has 0 radical (unpaired) electrons. The number of aliphatic hydroxyl groups is 1. The van der Waals surface area contributed by atoms with Crippen molar-refractivity contribution in [3.63, 3.8) is 0 Å². The summed E-state index contributed by atoms with van der Waals surface area (Å²) in [6.45, 7) is 1.86. The molecule has 0 fully saturated rings. The van der Waals surface area contributed by atoms with Crippen LogP contribution in [-0.2, 0) is 0 Å². The van der Waals surface area contributed by atoms with Gasteiger partial charge in [0.25, 0.3) is 0 Å². The smallest absolute Gasteiger partial charge is 0.0897 e. The Morgan fingerprint density at radius 2 is 2.00 bits per heavy atom. The lowest BCUT2D eigenvalue weighted by Crippen LogP contribution is -2.32. The van der Waals surface area contributed by atoms with E-state index in [-0.39, 0.29) is 18.7 Å². The molecular weight excluding hydrogens is 214 g/mol. The van der Waals surface area contributed by atoms with E-state index in [1.54, 1.807) is 10.9 Å². The van der Waals surface area contributed by atoms with Gasteiger partial charge in [-0.05, 0) is 12.5 Å². The summed E-state index contributed by atoms with van der Waals surface area (Å²) in [5, 5.41) is 13.6. The van der Waals surface area contributed by atoms with Crippen molar-refractivity contribution in [1.29, 1.82) is 0 Å². The highest BCUT2D eigenvalue weighted by Crippen LogP contribution is 2.20. The maximum Gasteiger partial charge on any atom is 0.0897 e. The number of nitrogens with two attached hydrogens (primary N) is 1. The highest BCUT2D eigenvalue weighted by atomic mass is 16.3. The van der Waals surface area contributed by atoms with E-state index in [0.717, 1.165) is 11.1 Å². The van der Waals surface area contributed by atoms with E-state index in [2.05, 4.69) is 5.10 Å². The van der Waals surface area contributed by atoms with Crippen LogP contribution in [0, 0.1) is 0 Å². The van der Waals surface area contributed by atoms with E-state index >= 15 is 0 Å². The Morgan fingerprint density at radius 1 is 1.29 bits per heavy atom. The Balaban J connectivity index is 2.27. The van der Waals surface area contributed by atoms with Gasteiger partial charge in [0, 0.05) is 17.8 Å². The highest BCUT2D eigenvalue weighted by molar-refractivity contribution is 5.61. The van der Waals surface area contributed by atoms with Gasteiger partial charge in [-0.2, -0.15) is 5.10 Å². The molecule has 4 nitrogen and oxygen atoms in total. The molecule has 0 saturated carbocycles. The van der Waals surface area contributed by atoms with E-state index in [1.165, 1.54) is 0 Å². The first-order valence-electron chi connectivity index (χ1n) is 5.68. The van der Waals surface area contributed by atoms with E-state index in [9.17, 15) is 5.11 Å². The van der Waals surface area contributed by atoms with E-state index in [4.69, 9.17) is 5.73 Å². The molecule has 0 amide bonds. The van der Waals surface area contributed by atoms with Crippen molar-refractivity contribution in [2.45, 2.75) is 19.0 Å². The number of hydrogen-bond acceptors (Lipinski definition) is 3. The Morgan fingerprint density at radius 3 is 2.59 bits per heavy atom. The number of rotatable bonds is 4. The number of benzene rings is 1. The molecule has 3 N–H and O–H groups in total. The van der Waals surface area contributed by atoms with Gasteiger partial charge in [-0.3, -0.25) is 4.68 Å². The fraction of sp³-hybridized carbons (Fsp3) is 0.308. The quantitative estimate of drug-likeness (QED) is 0.836. The lowest BCUT2D eigenvalue weighted by molar-refractivity contribution is 0.201. The maximum absolute atomic E-state index is 9.29. The summed E-state index contributed by atoms with van der Waals surface area (Å²) in [5.74, 6) is 0. The van der Waals surface area contributed by atoms with Gasteiger partial charge < -0.3 is 10.8 Å². The molecule has 1 aromatic carbocycles. The van der Waals surface area contributed by atoms with Crippen LogP contribution in [0.15, 0.2) is 42.7 Å². The average Bonchev–Trinajstić information content (AvgIpc) is 2.80. The molecule has 0 bridgehead atoms. The molecule has 17 heavy (non-hydrogen) atoms. The molecular formula is C13H17N3O. The molecule has 0 aliphatic carbocycles. The predicted octanol–water partition coefficient (Wildman–Crippen LogP) is 1.43. The summed E-state index contributed by atoms with van der Waals surface area (Å²) >= 11 is 0. The summed E-state index contributed by atoms with van der Waals surface area (Å²) in [5.41, 5.74) is 7.95. The van der Waals surface area contributed by atoms with Crippen molar-refractivity contribution >= 4 is 0 Å². The fourth-order valence-electron chi connectivity index (χ4n) is 1.79. The molecule has 2 aromatic rings. The zero-order valence-corrected chi connectivity index (χ0v) is 9.82. The molecule has 2 atom stereocenters. The van der Waals surface area contributed by atoms with Crippen molar-refractivity contribution in [3.05, 3.63) is 42.7 Å². The van der Waals surface area contributed by atoms with Crippen LogP contribution in [0.1, 0.15) is 13.0 Å². The van der Waals surface area contributed by atoms with Crippen LogP contribution in [0.3, 0.4) is 0 Å². The van der Waals surface area contributed by atoms with Crippen molar-refractivity contribution in [1.82, 2.24) is 9.78 Å². The second kappa shape index (κ2) is 5.12. The largest absolute Gasteiger partial charge is 0.394 e. The van der Waals surface area contributed by atoms with Crippen LogP contribution in [0.5, 0.6) is 0 Å². The van der Waals surface area contributed by atoms with Gasteiger partial charge >= 0.3 is 0 Å². The standard InChI is InChI=1S/C13H17N3O/c1-10(14)13(9-17)16-8-12(7-15-16)11-5-3-2-4-6-11/h2-8,10,13,17H,9,14H2,1H3. The SMILES string of the molecule is CC(N)C(CO)n1cc(-c2ccccc2)cn1. The number of hydrogen-bond donors (Lipinski definition) is 2. The van der Waals surface area contributed by atoms with Crippen LogP contribution < -0.4 is 5.73 Å². The van der Waals surface area contributed by atoms with Crippen LogP contribution >= 0.6 is 0 Å². The van der Waals surface area contributed by atoms with Crippen molar-refractivity contribution in [3.8, 4) is 11.1 Å². The number of aromatic nitrogens is 2. The van der Waals surface area contributed by atoms with Crippen LogP contribution in [-0.4, -0.2) is 27.5 Å². The van der Waals surface area contributed by atoms with Gasteiger partial charge in [0.05, 0.1) is 18.8 Å². The van der Waals surface area contributed by atoms with Gasteiger partial charge in [-0.15, -0.1) is 0 Å². The maximum atomic E-state index is 9.29. The Labute approximate surface area is 101 Å². The molecule has 90 valence electrons. The molecule has 0 aliphatic rings. The molecule has 0 spiro atoms. The first kappa shape index (κ1) is 11.8. The first-order valence-corrected chi connectivity index (χ1v) is 5.68. The van der Waals surface area contributed by atoms with Crippen LogP contribution in [0.25, 0.3) is 11.1 Å². The molecule has 4 heteroatoms. The third kappa shape index (κ3) is 2.54. The molecule has 0 aliphatic heterocycles. The van der Waals surface area contributed by atoms with Crippen molar-refractivity contribution in [2.24, 2.45) is 5.73 Å². The Kier molecular flexibility index (Phi) is 3.56. The monoisotopic (exact) mass is 231 g/mol. The van der Waals surface area contributed by atoms with Gasteiger partial charge in [-0.1, -0.05) is 30.3 Å². The van der Waals surface area contributed by atoms with Crippen LogP contribution in [0.2, 0.25) is 0 Å². The lowest BCUT2D eigenvalue weighted by atomic mass is 10.1. The molecule has 1 aromatic heterocycles. The van der Waals surface area contributed by atoms with Crippen LogP contribution in [0.4, 0.5) is 0 Å². The van der Waals surface area contributed by atoms with Gasteiger partial charge in [0.2, 0.25) is 0 Å². The normalized spacial score (nSPS) is 14.5.